The Morgan fingerprint density at radius 3 is 2.59 bits per heavy atom. The summed E-state index contributed by atoms with van der Waals surface area (Å²) in [6.45, 7) is 0. The van der Waals surface area contributed by atoms with E-state index in [1.54, 1.807) is 6.07 Å². The van der Waals surface area contributed by atoms with Crippen LogP contribution in [0.3, 0.4) is 0 Å². The predicted octanol–water partition coefficient (Wildman–Crippen LogP) is 4.41. The van der Waals surface area contributed by atoms with Crippen molar-refractivity contribution in [3.63, 3.8) is 0 Å². The number of halogens is 3. The molecule has 0 bridgehead atoms. The van der Waals surface area contributed by atoms with E-state index in [1.807, 2.05) is 12.1 Å². The van der Waals surface area contributed by atoms with Crippen LogP contribution in [0, 0.1) is 9.39 Å². The van der Waals surface area contributed by atoms with Gasteiger partial charge >= 0.3 is 0 Å². The topological polar surface area (TPSA) is 38.0 Å². The molecule has 0 saturated heterocycles. The van der Waals surface area contributed by atoms with Crippen molar-refractivity contribution in [1.29, 1.82) is 0 Å². The molecule has 0 aliphatic carbocycles. The third-order valence-electron chi connectivity index (χ3n) is 2.19. The first-order valence-electron chi connectivity index (χ1n) is 4.83. The zero-order valence-electron chi connectivity index (χ0n) is 8.68. The van der Waals surface area contributed by atoms with Gasteiger partial charge in [0.15, 0.2) is 0 Å². The average molecular weight is 363 g/mol. The summed E-state index contributed by atoms with van der Waals surface area (Å²) in [5.41, 5.74) is 7.72. The number of hydrogen-bond acceptors (Lipinski definition) is 2. The standard InChI is InChI=1S/C12H9ClFIN2/c13-9-3-1-7(14)5-12(9)17-11-4-2-8(16)6-10(11)15/h1-6,17H,16H2. The van der Waals surface area contributed by atoms with Gasteiger partial charge in [0.1, 0.15) is 5.82 Å². The smallest absolute Gasteiger partial charge is 0.125 e. The van der Waals surface area contributed by atoms with Crippen LogP contribution in [0.25, 0.3) is 0 Å². The summed E-state index contributed by atoms with van der Waals surface area (Å²) >= 11 is 8.13. The van der Waals surface area contributed by atoms with Gasteiger partial charge in [-0.15, -0.1) is 0 Å². The highest BCUT2D eigenvalue weighted by molar-refractivity contribution is 14.1. The average Bonchev–Trinajstić information content (AvgIpc) is 2.27. The highest BCUT2D eigenvalue weighted by atomic mass is 127. The molecule has 0 radical (unpaired) electrons. The first-order valence-corrected chi connectivity index (χ1v) is 6.29. The minimum Gasteiger partial charge on any atom is -0.399 e. The van der Waals surface area contributed by atoms with Crippen LogP contribution in [0.4, 0.5) is 21.5 Å². The SMILES string of the molecule is Nc1ccc(Nc2cc(F)ccc2Cl)c(I)c1. The summed E-state index contributed by atoms with van der Waals surface area (Å²) < 4.78 is 14.0. The molecule has 5 heteroatoms. The van der Waals surface area contributed by atoms with Gasteiger partial charge in [-0.1, -0.05) is 11.6 Å². The van der Waals surface area contributed by atoms with E-state index in [0.29, 0.717) is 16.4 Å². The van der Waals surface area contributed by atoms with Gasteiger partial charge in [-0.2, -0.15) is 0 Å². The molecular weight excluding hydrogens is 354 g/mol. The Morgan fingerprint density at radius 2 is 1.88 bits per heavy atom. The highest BCUT2D eigenvalue weighted by Gasteiger charge is 2.05. The molecule has 2 aromatic carbocycles. The monoisotopic (exact) mass is 362 g/mol. The summed E-state index contributed by atoms with van der Waals surface area (Å²) in [5, 5.41) is 3.54. The lowest BCUT2D eigenvalue weighted by molar-refractivity contribution is 0.628. The Kier molecular flexibility index (Phi) is 3.73. The summed E-state index contributed by atoms with van der Waals surface area (Å²) in [6, 6.07) is 9.63. The Morgan fingerprint density at radius 1 is 1.12 bits per heavy atom. The lowest BCUT2D eigenvalue weighted by atomic mass is 10.2. The van der Waals surface area contributed by atoms with Gasteiger partial charge in [0.25, 0.3) is 0 Å². The largest absolute Gasteiger partial charge is 0.399 e. The molecule has 0 unspecified atom stereocenters. The van der Waals surface area contributed by atoms with Crippen LogP contribution in [-0.2, 0) is 0 Å². The maximum Gasteiger partial charge on any atom is 0.125 e. The third-order valence-corrected chi connectivity index (χ3v) is 3.41. The lowest BCUT2D eigenvalue weighted by Crippen LogP contribution is -1.96. The maximum atomic E-state index is 13.1. The number of nitrogens with two attached hydrogens (primary N) is 1. The van der Waals surface area contributed by atoms with Crippen LogP contribution in [0.15, 0.2) is 36.4 Å². The second-order valence-electron chi connectivity index (χ2n) is 3.49. The number of anilines is 3. The summed E-state index contributed by atoms with van der Waals surface area (Å²) in [6.07, 6.45) is 0. The molecule has 17 heavy (non-hydrogen) atoms. The van der Waals surface area contributed by atoms with E-state index in [9.17, 15) is 4.39 Å². The molecule has 0 aliphatic heterocycles. The van der Waals surface area contributed by atoms with E-state index >= 15 is 0 Å². The van der Waals surface area contributed by atoms with Gasteiger partial charge in [0, 0.05) is 9.26 Å². The van der Waals surface area contributed by atoms with Crippen LogP contribution in [0.1, 0.15) is 0 Å². The van der Waals surface area contributed by atoms with E-state index in [1.165, 1.54) is 18.2 Å². The van der Waals surface area contributed by atoms with E-state index in [0.717, 1.165) is 9.26 Å². The van der Waals surface area contributed by atoms with Gasteiger partial charge in [-0.3, -0.25) is 0 Å². The zero-order valence-corrected chi connectivity index (χ0v) is 11.6. The molecule has 2 rings (SSSR count). The van der Waals surface area contributed by atoms with Crippen molar-refractivity contribution < 1.29 is 4.39 Å². The van der Waals surface area contributed by atoms with E-state index in [-0.39, 0.29) is 5.82 Å². The van der Waals surface area contributed by atoms with Gasteiger partial charge in [-0.25, -0.2) is 4.39 Å². The fourth-order valence-corrected chi connectivity index (χ4v) is 2.21. The molecule has 88 valence electrons. The highest BCUT2D eigenvalue weighted by Crippen LogP contribution is 2.29. The van der Waals surface area contributed by atoms with E-state index in [2.05, 4.69) is 27.9 Å². The molecule has 0 aromatic heterocycles. The Hall–Kier alpha value is -1.01. The fraction of sp³-hybridized carbons (Fsp3) is 0. The summed E-state index contributed by atoms with van der Waals surface area (Å²) in [5.74, 6) is -0.331. The Balaban J connectivity index is 2.34. The molecule has 0 spiro atoms. The van der Waals surface area contributed by atoms with Crippen molar-refractivity contribution in [2.45, 2.75) is 0 Å². The maximum absolute atomic E-state index is 13.1. The Bertz CT molecular complexity index is 560. The summed E-state index contributed by atoms with van der Waals surface area (Å²) in [7, 11) is 0. The van der Waals surface area contributed by atoms with Gasteiger partial charge in [0.2, 0.25) is 0 Å². The zero-order chi connectivity index (χ0) is 12.4. The van der Waals surface area contributed by atoms with Crippen molar-refractivity contribution in [3.8, 4) is 0 Å². The predicted molar refractivity (Wildman–Crippen MR) is 78.3 cm³/mol. The first kappa shape index (κ1) is 12.4. The van der Waals surface area contributed by atoms with Crippen LogP contribution >= 0.6 is 34.2 Å². The number of rotatable bonds is 2. The third kappa shape index (κ3) is 3.01. The molecule has 0 aliphatic rings. The van der Waals surface area contributed by atoms with E-state index in [4.69, 9.17) is 17.3 Å². The van der Waals surface area contributed by atoms with Gasteiger partial charge in [0.05, 0.1) is 16.4 Å². The minimum atomic E-state index is -0.331. The normalized spacial score (nSPS) is 10.3. The lowest BCUT2D eigenvalue weighted by Gasteiger charge is -2.10. The number of hydrogen-bond donors (Lipinski definition) is 2. The van der Waals surface area contributed by atoms with Crippen molar-refractivity contribution in [1.82, 2.24) is 0 Å². The quantitative estimate of drug-likeness (QED) is 0.613. The Labute approximate surface area is 117 Å². The van der Waals surface area contributed by atoms with Crippen molar-refractivity contribution in [2.75, 3.05) is 11.1 Å². The second-order valence-corrected chi connectivity index (χ2v) is 5.06. The molecular formula is C12H9ClFIN2. The first-order chi connectivity index (χ1) is 8.06. The molecule has 0 saturated carbocycles. The molecule has 0 fully saturated rings. The minimum absolute atomic E-state index is 0.331. The molecule has 0 heterocycles. The molecule has 0 amide bonds. The van der Waals surface area contributed by atoms with E-state index < -0.39 is 0 Å². The van der Waals surface area contributed by atoms with Gasteiger partial charge < -0.3 is 11.1 Å². The number of nitrogen functional groups attached to an aromatic ring is 1. The van der Waals surface area contributed by atoms with Crippen LogP contribution in [-0.4, -0.2) is 0 Å². The van der Waals surface area contributed by atoms with Crippen LogP contribution < -0.4 is 11.1 Å². The van der Waals surface area contributed by atoms with Gasteiger partial charge in [-0.05, 0) is 59.0 Å². The van der Waals surface area contributed by atoms with Crippen molar-refractivity contribution in [3.05, 3.63) is 50.8 Å². The van der Waals surface area contributed by atoms with Crippen molar-refractivity contribution >= 4 is 51.3 Å². The van der Waals surface area contributed by atoms with Crippen LogP contribution in [0.2, 0.25) is 5.02 Å². The molecule has 0 atom stereocenters. The van der Waals surface area contributed by atoms with Crippen LogP contribution in [0.5, 0.6) is 0 Å². The number of nitrogens with one attached hydrogen (secondary N) is 1. The second kappa shape index (κ2) is 5.10. The molecule has 2 nitrogen and oxygen atoms in total. The summed E-state index contributed by atoms with van der Waals surface area (Å²) in [4.78, 5) is 0. The molecule has 2 aromatic rings. The molecule has 3 N–H and O–H groups in total. The van der Waals surface area contributed by atoms with Crippen molar-refractivity contribution in [2.24, 2.45) is 0 Å². The fourth-order valence-electron chi connectivity index (χ4n) is 1.37. The number of benzene rings is 2.